The third-order valence-corrected chi connectivity index (χ3v) is 2.62. The van der Waals surface area contributed by atoms with E-state index >= 15 is 0 Å². The SMILES string of the molecule is CCNc1nc(NCCOCCOC)c2cn[nH]c2n1. The van der Waals surface area contributed by atoms with Crippen molar-refractivity contribution in [3.63, 3.8) is 0 Å². The number of rotatable bonds is 9. The summed E-state index contributed by atoms with van der Waals surface area (Å²) in [5.74, 6) is 1.32. The summed E-state index contributed by atoms with van der Waals surface area (Å²) in [6.45, 7) is 5.20. The molecular weight excluding hydrogens is 260 g/mol. The molecule has 0 saturated carbocycles. The van der Waals surface area contributed by atoms with E-state index < -0.39 is 0 Å². The highest BCUT2D eigenvalue weighted by Gasteiger charge is 2.08. The van der Waals surface area contributed by atoms with E-state index in [0.717, 1.165) is 17.7 Å². The smallest absolute Gasteiger partial charge is 0.226 e. The highest BCUT2D eigenvalue weighted by molar-refractivity contribution is 5.86. The monoisotopic (exact) mass is 280 g/mol. The maximum absolute atomic E-state index is 5.40. The Labute approximate surface area is 117 Å². The molecule has 2 rings (SSSR count). The van der Waals surface area contributed by atoms with Gasteiger partial charge in [0, 0.05) is 20.2 Å². The lowest BCUT2D eigenvalue weighted by molar-refractivity contribution is 0.0759. The molecule has 0 fully saturated rings. The van der Waals surface area contributed by atoms with Crippen molar-refractivity contribution in [1.29, 1.82) is 0 Å². The van der Waals surface area contributed by atoms with E-state index in [9.17, 15) is 0 Å². The van der Waals surface area contributed by atoms with Crippen molar-refractivity contribution < 1.29 is 9.47 Å². The molecule has 8 heteroatoms. The zero-order chi connectivity index (χ0) is 14.2. The van der Waals surface area contributed by atoms with Crippen LogP contribution in [0.3, 0.4) is 0 Å². The first kappa shape index (κ1) is 14.5. The Morgan fingerprint density at radius 2 is 2.10 bits per heavy atom. The second-order valence-corrected chi connectivity index (χ2v) is 4.09. The molecule has 0 unspecified atom stereocenters. The summed E-state index contributed by atoms with van der Waals surface area (Å²) in [7, 11) is 1.65. The van der Waals surface area contributed by atoms with Crippen LogP contribution in [0.4, 0.5) is 11.8 Å². The Hall–Kier alpha value is -1.93. The fourth-order valence-corrected chi connectivity index (χ4v) is 1.69. The Balaban J connectivity index is 1.95. The van der Waals surface area contributed by atoms with Gasteiger partial charge in [-0.05, 0) is 6.92 Å². The molecule has 2 heterocycles. The molecule has 0 aliphatic rings. The maximum Gasteiger partial charge on any atom is 0.226 e. The first-order valence-corrected chi connectivity index (χ1v) is 6.60. The van der Waals surface area contributed by atoms with E-state index in [2.05, 4.69) is 30.8 Å². The Kier molecular flexibility index (Phi) is 5.51. The summed E-state index contributed by atoms with van der Waals surface area (Å²) >= 11 is 0. The fraction of sp³-hybridized carbons (Fsp3) is 0.583. The van der Waals surface area contributed by atoms with Crippen LogP contribution in [-0.2, 0) is 9.47 Å². The van der Waals surface area contributed by atoms with E-state index in [0.29, 0.717) is 38.0 Å². The highest BCUT2D eigenvalue weighted by atomic mass is 16.5. The molecule has 0 saturated heterocycles. The van der Waals surface area contributed by atoms with Gasteiger partial charge in [0.05, 0.1) is 31.4 Å². The molecule has 0 radical (unpaired) electrons. The summed E-state index contributed by atoms with van der Waals surface area (Å²) in [6.07, 6.45) is 1.71. The normalized spacial score (nSPS) is 10.9. The third kappa shape index (κ3) is 3.78. The molecule has 0 aromatic carbocycles. The molecule has 0 spiro atoms. The maximum atomic E-state index is 5.40. The summed E-state index contributed by atoms with van der Waals surface area (Å²) in [5.41, 5.74) is 0.707. The van der Waals surface area contributed by atoms with Crippen molar-refractivity contribution >= 4 is 22.8 Å². The number of hydrogen-bond donors (Lipinski definition) is 3. The van der Waals surface area contributed by atoms with Gasteiger partial charge in [-0.1, -0.05) is 0 Å². The molecule has 0 aliphatic carbocycles. The van der Waals surface area contributed by atoms with Gasteiger partial charge in [0.2, 0.25) is 5.95 Å². The highest BCUT2D eigenvalue weighted by Crippen LogP contribution is 2.19. The van der Waals surface area contributed by atoms with E-state index in [4.69, 9.17) is 9.47 Å². The molecule has 2 aromatic rings. The van der Waals surface area contributed by atoms with Crippen molar-refractivity contribution in [3.05, 3.63) is 6.20 Å². The molecule has 2 aromatic heterocycles. The molecule has 0 aliphatic heterocycles. The van der Waals surface area contributed by atoms with Crippen LogP contribution >= 0.6 is 0 Å². The van der Waals surface area contributed by atoms with Crippen LogP contribution in [0.15, 0.2) is 6.20 Å². The average molecular weight is 280 g/mol. The van der Waals surface area contributed by atoms with Crippen LogP contribution in [0, 0.1) is 0 Å². The van der Waals surface area contributed by atoms with Gasteiger partial charge < -0.3 is 20.1 Å². The number of H-pyrrole nitrogens is 1. The van der Waals surface area contributed by atoms with Crippen molar-refractivity contribution in [2.75, 3.05) is 50.7 Å². The van der Waals surface area contributed by atoms with Gasteiger partial charge >= 0.3 is 0 Å². The fourth-order valence-electron chi connectivity index (χ4n) is 1.69. The first-order valence-electron chi connectivity index (χ1n) is 6.60. The molecule has 0 atom stereocenters. The lowest BCUT2D eigenvalue weighted by atomic mass is 10.4. The molecule has 3 N–H and O–H groups in total. The summed E-state index contributed by atoms with van der Waals surface area (Å²) in [5, 5.41) is 14.0. The van der Waals surface area contributed by atoms with Crippen LogP contribution in [0.5, 0.6) is 0 Å². The number of nitrogens with zero attached hydrogens (tertiary/aromatic N) is 3. The van der Waals surface area contributed by atoms with Gasteiger partial charge in [-0.3, -0.25) is 5.10 Å². The van der Waals surface area contributed by atoms with E-state index in [1.807, 2.05) is 6.92 Å². The minimum absolute atomic E-state index is 0.576. The standard InChI is InChI=1S/C12H20N6O2/c1-3-13-12-16-10(9-8-15-18-11(9)17-12)14-4-5-20-7-6-19-2/h8H,3-7H2,1-2H3,(H3,13,14,15,16,17,18). The predicted molar refractivity (Wildman–Crippen MR) is 77.0 cm³/mol. The molecular formula is C12H20N6O2. The molecule has 0 amide bonds. The zero-order valence-corrected chi connectivity index (χ0v) is 11.8. The predicted octanol–water partition coefficient (Wildman–Crippen LogP) is 0.860. The second kappa shape index (κ2) is 7.61. The van der Waals surface area contributed by atoms with Crippen molar-refractivity contribution in [1.82, 2.24) is 20.2 Å². The van der Waals surface area contributed by atoms with Crippen LogP contribution in [-0.4, -0.2) is 60.2 Å². The summed E-state index contributed by atoms with van der Waals surface area (Å²) in [6, 6.07) is 0. The van der Waals surface area contributed by atoms with Crippen molar-refractivity contribution in [2.45, 2.75) is 6.92 Å². The Morgan fingerprint density at radius 1 is 1.20 bits per heavy atom. The lowest BCUT2D eigenvalue weighted by Crippen LogP contribution is -2.13. The summed E-state index contributed by atoms with van der Waals surface area (Å²) in [4.78, 5) is 8.75. The van der Waals surface area contributed by atoms with Crippen molar-refractivity contribution in [2.24, 2.45) is 0 Å². The Bertz CT molecular complexity index is 530. The number of hydrogen-bond acceptors (Lipinski definition) is 7. The lowest BCUT2D eigenvalue weighted by Gasteiger charge is -2.09. The van der Waals surface area contributed by atoms with Gasteiger partial charge in [0.15, 0.2) is 5.65 Å². The quantitative estimate of drug-likeness (QED) is 0.586. The van der Waals surface area contributed by atoms with Crippen LogP contribution < -0.4 is 10.6 Å². The molecule has 20 heavy (non-hydrogen) atoms. The zero-order valence-electron chi connectivity index (χ0n) is 11.8. The number of methoxy groups -OCH3 is 1. The van der Waals surface area contributed by atoms with Crippen LogP contribution in [0.25, 0.3) is 11.0 Å². The van der Waals surface area contributed by atoms with Crippen molar-refractivity contribution in [3.8, 4) is 0 Å². The topological polar surface area (TPSA) is 97.0 Å². The number of aromatic nitrogens is 4. The average Bonchev–Trinajstić information content (AvgIpc) is 2.91. The van der Waals surface area contributed by atoms with E-state index in [1.54, 1.807) is 13.3 Å². The Morgan fingerprint density at radius 3 is 2.90 bits per heavy atom. The number of nitrogens with one attached hydrogen (secondary N) is 3. The van der Waals surface area contributed by atoms with Gasteiger partial charge in [-0.15, -0.1) is 0 Å². The largest absolute Gasteiger partial charge is 0.382 e. The second-order valence-electron chi connectivity index (χ2n) is 4.09. The number of aromatic amines is 1. The number of fused-ring (bicyclic) bond motifs is 1. The van der Waals surface area contributed by atoms with E-state index in [1.165, 1.54) is 0 Å². The van der Waals surface area contributed by atoms with Gasteiger partial charge in [-0.25, -0.2) is 0 Å². The van der Waals surface area contributed by atoms with Gasteiger partial charge in [0.1, 0.15) is 5.82 Å². The van der Waals surface area contributed by atoms with E-state index in [-0.39, 0.29) is 0 Å². The molecule has 0 bridgehead atoms. The molecule has 8 nitrogen and oxygen atoms in total. The third-order valence-electron chi connectivity index (χ3n) is 2.62. The van der Waals surface area contributed by atoms with Gasteiger partial charge in [0.25, 0.3) is 0 Å². The van der Waals surface area contributed by atoms with Crippen LogP contribution in [0.1, 0.15) is 6.92 Å². The van der Waals surface area contributed by atoms with Gasteiger partial charge in [-0.2, -0.15) is 15.1 Å². The van der Waals surface area contributed by atoms with Crippen LogP contribution in [0.2, 0.25) is 0 Å². The summed E-state index contributed by atoms with van der Waals surface area (Å²) < 4.78 is 10.3. The number of anilines is 2. The minimum Gasteiger partial charge on any atom is -0.382 e. The first-order chi connectivity index (χ1) is 9.85. The molecule has 110 valence electrons. The number of ether oxygens (including phenoxy) is 2. The minimum atomic E-state index is 0.576.